The predicted octanol–water partition coefficient (Wildman–Crippen LogP) is 9.52. The molecule has 0 bridgehead atoms. The Bertz CT molecular complexity index is 615. The lowest BCUT2D eigenvalue weighted by Gasteiger charge is -2.20. The lowest BCUT2D eigenvalue weighted by molar-refractivity contribution is 0.411. The normalized spacial score (nSPS) is 14.4. The summed E-state index contributed by atoms with van der Waals surface area (Å²) in [7, 11) is 0. The van der Waals surface area contributed by atoms with E-state index in [1.807, 2.05) is 0 Å². The second-order valence-electron chi connectivity index (χ2n) is 9.22. The third kappa shape index (κ3) is 9.66. The molecule has 160 valence electrons. The molecule has 0 aliphatic heterocycles. The van der Waals surface area contributed by atoms with Crippen molar-refractivity contribution in [3.8, 4) is 0 Å². The van der Waals surface area contributed by atoms with Gasteiger partial charge in [-0.1, -0.05) is 133 Å². The van der Waals surface area contributed by atoms with E-state index in [0.29, 0.717) is 5.92 Å². The molecule has 0 spiro atoms. The molecule has 0 saturated heterocycles. The summed E-state index contributed by atoms with van der Waals surface area (Å²) in [5.41, 5.74) is 3.03. The summed E-state index contributed by atoms with van der Waals surface area (Å²) in [4.78, 5) is 0. The first-order chi connectivity index (χ1) is 14.2. The Morgan fingerprint density at radius 2 is 1.07 bits per heavy atom. The van der Waals surface area contributed by atoms with E-state index in [4.69, 9.17) is 0 Å². The third-order valence-corrected chi connectivity index (χ3v) is 6.65. The average molecular weight is 393 g/mol. The summed E-state index contributed by atoms with van der Waals surface area (Å²) in [6.07, 6.45) is 15.2. The van der Waals surface area contributed by atoms with Crippen LogP contribution < -0.4 is 0 Å². The lowest BCUT2D eigenvalue weighted by Crippen LogP contribution is -2.04. The van der Waals surface area contributed by atoms with Crippen molar-refractivity contribution in [1.29, 1.82) is 0 Å². The zero-order valence-electron chi connectivity index (χ0n) is 19.3. The molecule has 0 amide bonds. The molecule has 2 aromatic carbocycles. The first kappa shape index (κ1) is 23.7. The molecular weight excluding hydrogens is 348 g/mol. The van der Waals surface area contributed by atoms with Gasteiger partial charge in [-0.05, 0) is 48.1 Å². The number of hydrogen-bond acceptors (Lipinski definition) is 0. The zero-order valence-corrected chi connectivity index (χ0v) is 19.3. The molecule has 2 rings (SSSR count). The van der Waals surface area contributed by atoms with Crippen molar-refractivity contribution < 1.29 is 0 Å². The van der Waals surface area contributed by atoms with Crippen LogP contribution in [0.5, 0.6) is 0 Å². The van der Waals surface area contributed by atoms with Crippen molar-refractivity contribution in [2.24, 2.45) is 5.92 Å². The minimum Gasteiger partial charge on any atom is -0.0648 e. The van der Waals surface area contributed by atoms with Crippen LogP contribution in [0.4, 0.5) is 0 Å². The monoisotopic (exact) mass is 392 g/mol. The Labute approximate surface area is 181 Å². The first-order valence-corrected chi connectivity index (χ1v) is 12.3. The molecule has 3 unspecified atom stereocenters. The molecule has 0 heteroatoms. The van der Waals surface area contributed by atoms with Crippen LogP contribution in [0.3, 0.4) is 0 Å². The molecule has 0 fully saturated rings. The molecule has 0 aliphatic carbocycles. The van der Waals surface area contributed by atoms with Gasteiger partial charge in [0, 0.05) is 0 Å². The van der Waals surface area contributed by atoms with E-state index in [9.17, 15) is 0 Å². The van der Waals surface area contributed by atoms with Crippen LogP contribution in [-0.4, -0.2) is 0 Å². The van der Waals surface area contributed by atoms with Crippen molar-refractivity contribution in [1.82, 2.24) is 0 Å². The van der Waals surface area contributed by atoms with Crippen molar-refractivity contribution in [3.05, 3.63) is 71.8 Å². The molecule has 2 aromatic rings. The van der Waals surface area contributed by atoms with E-state index < -0.39 is 0 Å². The maximum Gasteiger partial charge on any atom is -0.0162 e. The molecule has 0 N–H and O–H groups in total. The van der Waals surface area contributed by atoms with E-state index >= 15 is 0 Å². The van der Waals surface area contributed by atoms with Gasteiger partial charge in [0.15, 0.2) is 0 Å². The molecule has 0 radical (unpaired) electrons. The second-order valence-corrected chi connectivity index (χ2v) is 9.22. The molecule has 0 heterocycles. The highest BCUT2D eigenvalue weighted by Gasteiger charge is 2.13. The second kappa shape index (κ2) is 14.4. The zero-order chi connectivity index (χ0) is 20.7. The van der Waals surface area contributed by atoms with Crippen LogP contribution in [0, 0.1) is 5.92 Å². The van der Waals surface area contributed by atoms with Crippen LogP contribution in [0.2, 0.25) is 0 Å². The third-order valence-electron chi connectivity index (χ3n) is 6.65. The number of rotatable bonds is 15. The maximum absolute atomic E-state index is 2.46. The maximum atomic E-state index is 2.46. The van der Waals surface area contributed by atoms with Gasteiger partial charge < -0.3 is 0 Å². The Balaban J connectivity index is 1.46. The molecule has 0 aromatic heterocycles. The largest absolute Gasteiger partial charge is 0.0648 e. The van der Waals surface area contributed by atoms with Crippen LogP contribution in [0.15, 0.2) is 60.7 Å². The lowest BCUT2D eigenvalue weighted by atomic mass is 9.85. The fourth-order valence-electron chi connectivity index (χ4n) is 4.64. The van der Waals surface area contributed by atoms with Gasteiger partial charge in [0.1, 0.15) is 0 Å². The Hall–Kier alpha value is -1.56. The average Bonchev–Trinajstić information content (AvgIpc) is 2.77. The fourth-order valence-corrected chi connectivity index (χ4v) is 4.64. The quantitative estimate of drug-likeness (QED) is 0.265. The fraction of sp³-hybridized carbons (Fsp3) is 0.586. The predicted molar refractivity (Wildman–Crippen MR) is 130 cm³/mol. The van der Waals surface area contributed by atoms with Crippen molar-refractivity contribution in [3.63, 3.8) is 0 Å². The summed E-state index contributed by atoms with van der Waals surface area (Å²) >= 11 is 0. The standard InChI is InChI=1S/C29H44/c1-4-27(29-22-16-11-17-23-29)24-25(2)18-12-8-6-5-7-9-13-19-26(3)28-20-14-10-15-21-28/h10-11,14-17,20-23,25-27H,4-9,12-13,18-19,24H2,1-3H3. The summed E-state index contributed by atoms with van der Waals surface area (Å²) in [6, 6.07) is 22.1. The summed E-state index contributed by atoms with van der Waals surface area (Å²) in [6.45, 7) is 7.17. The van der Waals surface area contributed by atoms with Gasteiger partial charge in [0.2, 0.25) is 0 Å². The van der Waals surface area contributed by atoms with Gasteiger partial charge in [0.25, 0.3) is 0 Å². The molecule has 3 atom stereocenters. The number of hydrogen-bond donors (Lipinski definition) is 0. The first-order valence-electron chi connectivity index (χ1n) is 12.3. The van der Waals surface area contributed by atoms with Crippen LogP contribution in [0.1, 0.15) is 114 Å². The highest BCUT2D eigenvalue weighted by molar-refractivity contribution is 5.19. The number of unbranched alkanes of at least 4 members (excludes halogenated alkanes) is 6. The number of benzene rings is 2. The van der Waals surface area contributed by atoms with E-state index in [1.165, 1.54) is 81.8 Å². The van der Waals surface area contributed by atoms with Crippen molar-refractivity contribution >= 4 is 0 Å². The Kier molecular flexibility index (Phi) is 11.8. The van der Waals surface area contributed by atoms with E-state index in [1.54, 1.807) is 0 Å². The SMILES string of the molecule is CCC(CC(C)CCCCCCCCCC(C)c1ccccc1)c1ccccc1. The molecule has 29 heavy (non-hydrogen) atoms. The van der Waals surface area contributed by atoms with E-state index in [2.05, 4.69) is 81.4 Å². The molecule has 0 nitrogen and oxygen atoms in total. The van der Waals surface area contributed by atoms with Gasteiger partial charge in [-0.3, -0.25) is 0 Å². The molecule has 0 saturated carbocycles. The van der Waals surface area contributed by atoms with Crippen LogP contribution >= 0.6 is 0 Å². The smallest absolute Gasteiger partial charge is 0.0162 e. The van der Waals surface area contributed by atoms with Crippen LogP contribution in [0.25, 0.3) is 0 Å². The van der Waals surface area contributed by atoms with Crippen LogP contribution in [-0.2, 0) is 0 Å². The molecular formula is C29H44. The summed E-state index contributed by atoms with van der Waals surface area (Å²) < 4.78 is 0. The Morgan fingerprint density at radius 3 is 1.62 bits per heavy atom. The van der Waals surface area contributed by atoms with Crippen molar-refractivity contribution in [2.75, 3.05) is 0 Å². The minimum atomic E-state index is 0.709. The molecule has 0 aliphatic rings. The highest BCUT2D eigenvalue weighted by Crippen LogP contribution is 2.29. The van der Waals surface area contributed by atoms with E-state index in [-0.39, 0.29) is 0 Å². The van der Waals surface area contributed by atoms with Gasteiger partial charge in [-0.2, -0.15) is 0 Å². The summed E-state index contributed by atoms with van der Waals surface area (Å²) in [5, 5.41) is 0. The highest BCUT2D eigenvalue weighted by atomic mass is 14.2. The van der Waals surface area contributed by atoms with Gasteiger partial charge in [-0.15, -0.1) is 0 Å². The Morgan fingerprint density at radius 1 is 0.586 bits per heavy atom. The topological polar surface area (TPSA) is 0 Å². The van der Waals surface area contributed by atoms with Gasteiger partial charge >= 0.3 is 0 Å². The summed E-state index contributed by atoms with van der Waals surface area (Å²) in [5.74, 6) is 2.30. The van der Waals surface area contributed by atoms with Gasteiger partial charge in [0.05, 0.1) is 0 Å². The van der Waals surface area contributed by atoms with Gasteiger partial charge in [-0.25, -0.2) is 0 Å². The van der Waals surface area contributed by atoms with Crippen molar-refractivity contribution in [2.45, 2.75) is 103 Å². The minimum absolute atomic E-state index is 0.709. The van der Waals surface area contributed by atoms with E-state index in [0.717, 1.165) is 11.8 Å².